The smallest absolute Gasteiger partial charge is 0.297 e. The second-order valence-corrected chi connectivity index (χ2v) is 9.36. The molecule has 1 heterocycles. The van der Waals surface area contributed by atoms with E-state index in [-0.39, 0.29) is 18.3 Å². The molecule has 0 aromatic carbocycles. The number of hydrogen-bond acceptors (Lipinski definition) is 5. The molecule has 0 saturated carbocycles. The molecule has 1 aliphatic heterocycles. The van der Waals surface area contributed by atoms with Crippen LogP contribution in [0.1, 0.15) is 97.3 Å². The van der Waals surface area contributed by atoms with Crippen molar-refractivity contribution in [1.29, 1.82) is 0 Å². The lowest BCUT2D eigenvalue weighted by molar-refractivity contribution is -0.123. The van der Waals surface area contributed by atoms with Gasteiger partial charge in [-0.3, -0.25) is 14.3 Å². The summed E-state index contributed by atoms with van der Waals surface area (Å²) in [7, 11) is -4.38. The molecule has 1 rings (SSSR count). The first kappa shape index (κ1) is 26.0. The standard InChI is InChI=1S/C22H39NO5S/c1-3-4-5-6-7-8-9-10-11-15-21(24)22(16-13-17-23-22)19-20(2)14-12-18-28-29(25,26)27/h13,16-17,20H,3-12,14-15,18-19H2,1-2H3,(H,25,26,27). The van der Waals surface area contributed by atoms with E-state index in [1.807, 2.05) is 19.1 Å². The van der Waals surface area contributed by atoms with Crippen LogP contribution < -0.4 is 0 Å². The summed E-state index contributed by atoms with van der Waals surface area (Å²) in [4.78, 5) is 17.3. The first-order chi connectivity index (χ1) is 13.8. The summed E-state index contributed by atoms with van der Waals surface area (Å²) in [5.74, 6) is 0.360. The van der Waals surface area contributed by atoms with Gasteiger partial charge in [0.2, 0.25) is 0 Å². The number of nitrogens with zero attached hydrogens (tertiary/aromatic N) is 1. The predicted molar refractivity (Wildman–Crippen MR) is 118 cm³/mol. The van der Waals surface area contributed by atoms with Crippen molar-refractivity contribution in [3.63, 3.8) is 0 Å². The van der Waals surface area contributed by atoms with Gasteiger partial charge in [0, 0.05) is 12.6 Å². The van der Waals surface area contributed by atoms with Crippen LogP contribution in [0.2, 0.25) is 0 Å². The van der Waals surface area contributed by atoms with Crippen LogP contribution in [0.15, 0.2) is 17.1 Å². The summed E-state index contributed by atoms with van der Waals surface area (Å²) in [6.07, 6.45) is 18.8. The minimum atomic E-state index is -4.38. The molecule has 0 aromatic rings. The van der Waals surface area contributed by atoms with Crippen LogP contribution in [0.3, 0.4) is 0 Å². The monoisotopic (exact) mass is 429 g/mol. The third kappa shape index (κ3) is 11.6. The average Bonchev–Trinajstić information content (AvgIpc) is 3.12. The van der Waals surface area contributed by atoms with Gasteiger partial charge in [-0.1, -0.05) is 65.2 Å². The van der Waals surface area contributed by atoms with E-state index in [4.69, 9.17) is 4.55 Å². The molecule has 0 bridgehead atoms. The Morgan fingerprint density at radius 1 is 1.07 bits per heavy atom. The van der Waals surface area contributed by atoms with Crippen molar-refractivity contribution in [2.75, 3.05) is 6.61 Å². The molecule has 7 heteroatoms. The lowest BCUT2D eigenvalue weighted by Gasteiger charge is -2.26. The molecule has 1 aliphatic rings. The molecule has 0 spiro atoms. The maximum absolute atomic E-state index is 12.9. The summed E-state index contributed by atoms with van der Waals surface area (Å²) >= 11 is 0. The van der Waals surface area contributed by atoms with Crippen LogP contribution in [0.5, 0.6) is 0 Å². The second kappa shape index (κ2) is 14.0. The topological polar surface area (TPSA) is 93.0 Å². The fourth-order valence-corrected chi connectivity index (χ4v) is 4.19. The number of rotatable bonds is 18. The van der Waals surface area contributed by atoms with E-state index in [9.17, 15) is 13.2 Å². The summed E-state index contributed by atoms with van der Waals surface area (Å²) in [6.45, 7) is 4.21. The number of carbonyl (C=O) groups excluding carboxylic acids is 1. The van der Waals surface area contributed by atoms with Gasteiger partial charge in [-0.2, -0.15) is 8.42 Å². The Bertz CT molecular complexity index is 615. The Hall–Kier alpha value is -1.05. The van der Waals surface area contributed by atoms with Crippen molar-refractivity contribution in [3.8, 4) is 0 Å². The maximum atomic E-state index is 12.9. The molecule has 1 N–H and O–H groups in total. The Morgan fingerprint density at radius 3 is 2.24 bits per heavy atom. The summed E-state index contributed by atoms with van der Waals surface area (Å²) in [5.41, 5.74) is -0.760. The third-order valence-corrected chi connectivity index (χ3v) is 5.95. The van der Waals surface area contributed by atoms with Crippen LogP contribution >= 0.6 is 0 Å². The van der Waals surface area contributed by atoms with Crippen molar-refractivity contribution in [2.24, 2.45) is 10.9 Å². The van der Waals surface area contributed by atoms with E-state index >= 15 is 0 Å². The highest BCUT2D eigenvalue weighted by atomic mass is 32.3. The highest BCUT2D eigenvalue weighted by molar-refractivity contribution is 7.80. The van der Waals surface area contributed by atoms with Crippen LogP contribution in [-0.2, 0) is 19.4 Å². The largest absolute Gasteiger partial charge is 0.397 e. The molecule has 0 amide bonds. The fourth-order valence-electron chi connectivity index (χ4n) is 3.86. The van der Waals surface area contributed by atoms with E-state index in [2.05, 4.69) is 16.1 Å². The van der Waals surface area contributed by atoms with Gasteiger partial charge in [0.15, 0.2) is 5.78 Å². The fraction of sp³-hybridized carbons (Fsp3) is 0.818. The lowest BCUT2D eigenvalue weighted by atomic mass is 9.82. The van der Waals surface area contributed by atoms with Crippen molar-refractivity contribution >= 4 is 22.4 Å². The number of Topliss-reactive ketones (excluding diaryl/α,β-unsaturated/α-hetero) is 1. The van der Waals surface area contributed by atoms with Gasteiger partial charge in [0.25, 0.3) is 0 Å². The van der Waals surface area contributed by atoms with Crippen molar-refractivity contribution in [1.82, 2.24) is 0 Å². The number of carbonyl (C=O) groups is 1. The second-order valence-electron chi connectivity index (χ2n) is 8.26. The van der Waals surface area contributed by atoms with Gasteiger partial charge in [0.05, 0.1) is 6.61 Å². The Kier molecular flexibility index (Phi) is 12.6. The van der Waals surface area contributed by atoms with E-state index in [1.165, 1.54) is 44.9 Å². The first-order valence-electron chi connectivity index (χ1n) is 11.2. The van der Waals surface area contributed by atoms with Crippen molar-refractivity contribution in [2.45, 2.75) is 103 Å². The first-order valence-corrected chi connectivity index (χ1v) is 12.5. The predicted octanol–water partition coefficient (Wildman–Crippen LogP) is 5.48. The number of ketones is 1. The van der Waals surface area contributed by atoms with Gasteiger partial charge < -0.3 is 0 Å². The van der Waals surface area contributed by atoms with E-state index in [0.29, 0.717) is 25.7 Å². The molecule has 2 atom stereocenters. The van der Waals surface area contributed by atoms with Gasteiger partial charge in [-0.15, -0.1) is 0 Å². The molecule has 29 heavy (non-hydrogen) atoms. The normalized spacial score (nSPS) is 19.7. The Labute approximate surface area is 177 Å². The van der Waals surface area contributed by atoms with Crippen LogP contribution in [-0.4, -0.2) is 37.1 Å². The van der Waals surface area contributed by atoms with Crippen LogP contribution in [0.4, 0.5) is 0 Å². The van der Waals surface area contributed by atoms with E-state index in [0.717, 1.165) is 12.8 Å². The zero-order valence-electron chi connectivity index (χ0n) is 18.1. The lowest BCUT2D eigenvalue weighted by Crippen LogP contribution is -2.35. The van der Waals surface area contributed by atoms with Gasteiger partial charge in [-0.25, -0.2) is 4.18 Å². The third-order valence-electron chi connectivity index (χ3n) is 5.49. The number of allylic oxidation sites excluding steroid dienone is 1. The zero-order chi connectivity index (χ0) is 21.6. The maximum Gasteiger partial charge on any atom is 0.397 e. The van der Waals surface area contributed by atoms with Gasteiger partial charge in [-0.05, 0) is 43.8 Å². The van der Waals surface area contributed by atoms with E-state index in [1.54, 1.807) is 6.21 Å². The molecule has 0 saturated heterocycles. The quantitative estimate of drug-likeness (QED) is 0.230. The molecule has 6 nitrogen and oxygen atoms in total. The molecule has 0 aromatic heterocycles. The zero-order valence-corrected chi connectivity index (χ0v) is 19.0. The highest BCUT2D eigenvalue weighted by Crippen LogP contribution is 2.31. The molecule has 0 aliphatic carbocycles. The Balaban J connectivity index is 2.28. The van der Waals surface area contributed by atoms with Crippen molar-refractivity contribution < 1.29 is 21.9 Å². The molecular formula is C22H39NO5S. The molecule has 2 unspecified atom stereocenters. The minimum Gasteiger partial charge on any atom is -0.297 e. The molecule has 0 fully saturated rings. The average molecular weight is 430 g/mol. The SMILES string of the molecule is CCCCCCCCCCCC(=O)C1(CC(C)CCCOS(=O)(=O)O)C=CC=N1. The van der Waals surface area contributed by atoms with Crippen LogP contribution in [0.25, 0.3) is 0 Å². The summed E-state index contributed by atoms with van der Waals surface area (Å²) < 4.78 is 34.1. The molecule has 0 radical (unpaired) electrons. The number of unbranched alkanes of at least 4 members (excludes halogenated alkanes) is 8. The number of hydrogen-bond donors (Lipinski definition) is 1. The molecule has 168 valence electrons. The minimum absolute atomic E-state index is 0.0539. The van der Waals surface area contributed by atoms with Crippen LogP contribution in [0, 0.1) is 5.92 Å². The van der Waals surface area contributed by atoms with Crippen molar-refractivity contribution in [3.05, 3.63) is 12.2 Å². The summed E-state index contributed by atoms with van der Waals surface area (Å²) in [5, 5.41) is 0. The summed E-state index contributed by atoms with van der Waals surface area (Å²) in [6, 6.07) is 0. The molecular weight excluding hydrogens is 390 g/mol. The van der Waals surface area contributed by atoms with Gasteiger partial charge >= 0.3 is 10.4 Å². The highest BCUT2D eigenvalue weighted by Gasteiger charge is 2.36. The van der Waals surface area contributed by atoms with Gasteiger partial charge in [0.1, 0.15) is 5.54 Å². The van der Waals surface area contributed by atoms with E-state index < -0.39 is 15.9 Å². The number of aliphatic imine (C=N–C) groups is 1. The Morgan fingerprint density at radius 2 is 1.69 bits per heavy atom.